The molecule has 0 radical (unpaired) electrons. The second-order valence-corrected chi connectivity index (χ2v) is 7.04. The lowest BCUT2D eigenvalue weighted by atomic mass is 9.69. The fourth-order valence-electron chi connectivity index (χ4n) is 2.92. The predicted molar refractivity (Wildman–Crippen MR) is 87.3 cm³/mol. The summed E-state index contributed by atoms with van der Waals surface area (Å²) in [4.78, 5) is 3.29. The molecule has 2 heteroatoms. The summed E-state index contributed by atoms with van der Waals surface area (Å²) in [5.41, 5.74) is 6.18. The number of hydrogen-bond acceptors (Lipinski definition) is 1. The summed E-state index contributed by atoms with van der Waals surface area (Å²) >= 11 is 0. The van der Waals surface area contributed by atoms with Gasteiger partial charge in [0.1, 0.15) is 0 Å². The number of aromatic nitrogens is 1. The Bertz CT molecular complexity index is 552. The van der Waals surface area contributed by atoms with E-state index in [1.165, 1.54) is 29.3 Å². The first-order valence-corrected chi connectivity index (χ1v) is 7.40. The molecule has 2 N–H and O–H groups in total. The average Bonchev–Trinajstić information content (AvgIpc) is 2.71. The van der Waals surface area contributed by atoms with Crippen LogP contribution < -0.4 is 0 Å². The van der Waals surface area contributed by atoms with E-state index in [0.29, 0.717) is 5.41 Å². The lowest BCUT2D eigenvalue weighted by Gasteiger charge is -2.36. The van der Waals surface area contributed by atoms with Crippen molar-refractivity contribution in [3.63, 3.8) is 0 Å². The van der Waals surface area contributed by atoms with Crippen molar-refractivity contribution in [3.8, 4) is 0 Å². The fourth-order valence-corrected chi connectivity index (χ4v) is 2.92. The molecule has 0 spiro atoms. The Kier molecular flexibility index (Phi) is 4.03. The lowest BCUT2D eigenvalue weighted by molar-refractivity contribution is 0.216. The van der Waals surface area contributed by atoms with Crippen LogP contribution in [-0.2, 0) is 0 Å². The summed E-state index contributed by atoms with van der Waals surface area (Å²) < 4.78 is 0. The zero-order chi connectivity index (χ0) is 14.9. The maximum absolute atomic E-state index is 7.33. The van der Waals surface area contributed by atoms with Gasteiger partial charge in [0.15, 0.2) is 0 Å². The van der Waals surface area contributed by atoms with E-state index in [0.717, 1.165) is 30.1 Å². The number of rotatable bonds is 2. The van der Waals surface area contributed by atoms with Crippen molar-refractivity contribution in [2.75, 3.05) is 0 Å². The lowest BCUT2D eigenvalue weighted by Crippen LogP contribution is -2.24. The van der Waals surface area contributed by atoms with Crippen molar-refractivity contribution in [1.82, 2.24) is 4.98 Å². The van der Waals surface area contributed by atoms with Gasteiger partial charge in [0, 0.05) is 11.9 Å². The molecule has 1 aromatic heterocycles. The first-order valence-electron chi connectivity index (χ1n) is 7.40. The highest BCUT2D eigenvalue weighted by atomic mass is 14.7. The molecular weight excluding hydrogens is 244 g/mol. The van der Waals surface area contributed by atoms with Crippen LogP contribution in [0.25, 0.3) is 6.08 Å². The molecule has 108 valence electrons. The molecule has 1 aliphatic carbocycles. The van der Waals surface area contributed by atoms with Crippen molar-refractivity contribution in [1.29, 1.82) is 5.41 Å². The van der Waals surface area contributed by atoms with Gasteiger partial charge in [-0.25, -0.2) is 0 Å². The van der Waals surface area contributed by atoms with E-state index in [9.17, 15) is 0 Å². The second-order valence-electron chi connectivity index (χ2n) is 7.04. The van der Waals surface area contributed by atoms with E-state index < -0.39 is 0 Å². The maximum atomic E-state index is 7.33. The van der Waals surface area contributed by atoms with Crippen LogP contribution in [-0.4, -0.2) is 11.2 Å². The third-order valence-electron chi connectivity index (χ3n) is 4.49. The Hall–Kier alpha value is -1.57. The molecule has 2 nitrogen and oxygen atoms in total. The molecule has 2 rings (SSSR count). The van der Waals surface area contributed by atoms with Crippen LogP contribution in [0.2, 0.25) is 0 Å². The molecule has 0 amide bonds. The molecule has 1 heterocycles. The highest BCUT2D eigenvalue weighted by molar-refractivity contribution is 5.76. The number of allylic oxidation sites excluding steroid dienone is 2. The van der Waals surface area contributed by atoms with E-state index >= 15 is 0 Å². The minimum atomic E-state index is 0.352. The molecule has 0 saturated heterocycles. The molecule has 0 aromatic carbocycles. The van der Waals surface area contributed by atoms with Gasteiger partial charge in [-0.15, -0.1) is 0 Å². The SMILES string of the molecule is C=C1CCC(C(C)(C)C)C/C1=C/c1[nH]c(C=N)cc1C. The Morgan fingerprint density at radius 3 is 2.65 bits per heavy atom. The van der Waals surface area contributed by atoms with Gasteiger partial charge in [0.25, 0.3) is 0 Å². The topological polar surface area (TPSA) is 39.6 Å². The first kappa shape index (κ1) is 14.8. The van der Waals surface area contributed by atoms with Crippen LogP contribution in [0, 0.1) is 23.7 Å². The number of aryl methyl sites for hydroxylation is 1. The quantitative estimate of drug-likeness (QED) is 0.701. The van der Waals surface area contributed by atoms with E-state index in [1.807, 2.05) is 6.07 Å². The standard InChI is InChI=1S/C18H26N2/c1-12-6-7-15(18(3,4)5)9-14(12)10-17-13(2)8-16(11-19)20-17/h8,10-11,15,19-20H,1,6-7,9H2,2-5H3/b14-10-,19-11?. The van der Waals surface area contributed by atoms with Crippen LogP contribution in [0.1, 0.15) is 57.0 Å². The highest BCUT2D eigenvalue weighted by Crippen LogP contribution is 2.42. The Labute approximate surface area is 122 Å². The maximum Gasteiger partial charge on any atom is 0.0566 e. The van der Waals surface area contributed by atoms with Crippen LogP contribution in [0.15, 0.2) is 23.8 Å². The van der Waals surface area contributed by atoms with E-state index in [-0.39, 0.29) is 0 Å². The number of H-pyrrole nitrogens is 1. The second kappa shape index (κ2) is 5.43. The molecule has 1 fully saturated rings. The highest BCUT2D eigenvalue weighted by Gasteiger charge is 2.29. The van der Waals surface area contributed by atoms with Crippen LogP contribution >= 0.6 is 0 Å². The van der Waals surface area contributed by atoms with Gasteiger partial charge in [-0.3, -0.25) is 0 Å². The number of hydrogen-bond donors (Lipinski definition) is 2. The first-order chi connectivity index (χ1) is 9.31. The molecule has 1 atom stereocenters. The Morgan fingerprint density at radius 2 is 2.10 bits per heavy atom. The molecule has 20 heavy (non-hydrogen) atoms. The van der Waals surface area contributed by atoms with Crippen molar-refractivity contribution in [2.24, 2.45) is 11.3 Å². The molecule has 1 aromatic rings. The third-order valence-corrected chi connectivity index (χ3v) is 4.49. The molecule has 0 bridgehead atoms. The fraction of sp³-hybridized carbons (Fsp3) is 0.500. The molecule has 1 aliphatic rings. The third kappa shape index (κ3) is 3.12. The van der Waals surface area contributed by atoms with E-state index in [1.54, 1.807) is 0 Å². The van der Waals surface area contributed by atoms with E-state index in [2.05, 4.69) is 45.3 Å². The van der Waals surface area contributed by atoms with Gasteiger partial charge in [-0.2, -0.15) is 0 Å². The number of aromatic amines is 1. The van der Waals surface area contributed by atoms with Crippen LogP contribution in [0.3, 0.4) is 0 Å². The zero-order valence-corrected chi connectivity index (χ0v) is 13.1. The van der Waals surface area contributed by atoms with Crippen molar-refractivity contribution in [3.05, 3.63) is 40.7 Å². The largest absolute Gasteiger partial charge is 0.354 e. The molecule has 1 saturated carbocycles. The van der Waals surface area contributed by atoms with E-state index in [4.69, 9.17) is 5.41 Å². The summed E-state index contributed by atoms with van der Waals surface area (Å²) in [6.45, 7) is 13.3. The predicted octanol–water partition coefficient (Wildman–Crippen LogP) is 5.11. The van der Waals surface area contributed by atoms with Crippen LogP contribution in [0.5, 0.6) is 0 Å². The van der Waals surface area contributed by atoms with Gasteiger partial charge in [0.2, 0.25) is 0 Å². The average molecular weight is 270 g/mol. The number of nitrogens with one attached hydrogen (secondary N) is 2. The van der Waals surface area contributed by atoms with Crippen molar-refractivity contribution < 1.29 is 0 Å². The summed E-state index contributed by atoms with van der Waals surface area (Å²) in [5.74, 6) is 0.719. The van der Waals surface area contributed by atoms with Gasteiger partial charge in [0.05, 0.1) is 5.69 Å². The normalized spacial score (nSPS) is 22.3. The zero-order valence-electron chi connectivity index (χ0n) is 13.1. The van der Waals surface area contributed by atoms with Gasteiger partial charge in [-0.1, -0.05) is 32.9 Å². The van der Waals surface area contributed by atoms with Gasteiger partial charge >= 0.3 is 0 Å². The monoisotopic (exact) mass is 270 g/mol. The van der Waals surface area contributed by atoms with Crippen molar-refractivity contribution >= 4 is 12.3 Å². The Morgan fingerprint density at radius 1 is 1.40 bits per heavy atom. The molecular formula is C18H26N2. The van der Waals surface area contributed by atoms with Gasteiger partial charge in [-0.05, 0) is 60.8 Å². The van der Waals surface area contributed by atoms with Gasteiger partial charge < -0.3 is 10.4 Å². The minimum Gasteiger partial charge on any atom is -0.354 e. The molecule has 0 aliphatic heterocycles. The Balaban J connectivity index is 2.28. The summed E-state index contributed by atoms with van der Waals surface area (Å²) in [5, 5.41) is 7.33. The smallest absolute Gasteiger partial charge is 0.0566 e. The minimum absolute atomic E-state index is 0.352. The molecule has 1 unspecified atom stereocenters. The summed E-state index contributed by atoms with van der Waals surface area (Å²) in [6.07, 6.45) is 7.06. The van der Waals surface area contributed by atoms with Crippen LogP contribution in [0.4, 0.5) is 0 Å². The van der Waals surface area contributed by atoms with Crippen molar-refractivity contribution in [2.45, 2.75) is 47.0 Å². The summed E-state index contributed by atoms with van der Waals surface area (Å²) in [7, 11) is 0. The summed E-state index contributed by atoms with van der Waals surface area (Å²) in [6, 6.07) is 2.02.